The van der Waals surface area contributed by atoms with E-state index in [0.29, 0.717) is 13.0 Å². The summed E-state index contributed by atoms with van der Waals surface area (Å²) in [6.07, 6.45) is 0.625. The molecular formula is C17H21FN2O2S. The van der Waals surface area contributed by atoms with Crippen molar-refractivity contribution in [2.45, 2.75) is 25.9 Å². The molecule has 1 aromatic carbocycles. The zero-order valence-electron chi connectivity index (χ0n) is 13.2. The highest BCUT2D eigenvalue weighted by Gasteiger charge is 2.24. The summed E-state index contributed by atoms with van der Waals surface area (Å²) >= 11 is 1.50. The number of amides is 2. The number of aryl methyl sites for hydroxylation is 1. The first-order valence-electron chi connectivity index (χ1n) is 7.40. The molecule has 2 rings (SSSR count). The van der Waals surface area contributed by atoms with Crippen LogP contribution < -0.4 is 10.6 Å². The molecule has 2 aromatic rings. The van der Waals surface area contributed by atoms with Gasteiger partial charge in [-0.3, -0.25) is 0 Å². The minimum Gasteiger partial charge on any atom is -0.384 e. The maximum Gasteiger partial charge on any atom is 0.314 e. The summed E-state index contributed by atoms with van der Waals surface area (Å²) in [5.41, 5.74) is 1.56. The number of carbonyl (C=O) groups is 1. The number of urea groups is 1. The second-order valence-electron chi connectivity index (χ2n) is 5.72. The van der Waals surface area contributed by atoms with Gasteiger partial charge in [0.25, 0.3) is 0 Å². The fourth-order valence-electron chi connectivity index (χ4n) is 2.24. The van der Waals surface area contributed by atoms with Gasteiger partial charge < -0.3 is 15.7 Å². The number of carbonyl (C=O) groups excluding carboxylic acids is 1. The van der Waals surface area contributed by atoms with E-state index in [-0.39, 0.29) is 18.4 Å². The summed E-state index contributed by atoms with van der Waals surface area (Å²) in [5.74, 6) is -0.257. The molecule has 1 heterocycles. The summed E-state index contributed by atoms with van der Waals surface area (Å²) in [6.45, 7) is 4.08. The predicted octanol–water partition coefficient (Wildman–Crippen LogP) is 2.95. The molecule has 1 aromatic heterocycles. The first kappa shape index (κ1) is 17.4. The maximum absolute atomic E-state index is 13.0. The lowest BCUT2D eigenvalue weighted by atomic mass is 9.99. The van der Waals surface area contributed by atoms with Crippen LogP contribution in [0.4, 0.5) is 9.18 Å². The average Bonchev–Trinajstić information content (AvgIpc) is 3.03. The molecule has 6 heteroatoms. The number of rotatable bonds is 6. The van der Waals surface area contributed by atoms with Crippen LogP contribution in [0.15, 0.2) is 35.0 Å². The van der Waals surface area contributed by atoms with E-state index in [1.165, 1.54) is 23.5 Å². The topological polar surface area (TPSA) is 61.4 Å². The number of benzene rings is 1. The highest BCUT2D eigenvalue weighted by molar-refractivity contribution is 7.08. The minimum atomic E-state index is -1.09. The molecule has 0 fully saturated rings. The average molecular weight is 336 g/mol. The number of hydrogen-bond donors (Lipinski definition) is 3. The predicted molar refractivity (Wildman–Crippen MR) is 90.1 cm³/mol. The van der Waals surface area contributed by atoms with E-state index in [2.05, 4.69) is 10.6 Å². The SMILES string of the molecule is Cc1cc(F)ccc1CCNC(=O)NCC(C)(O)c1ccsc1. The number of halogens is 1. The largest absolute Gasteiger partial charge is 0.384 e. The lowest BCUT2D eigenvalue weighted by Gasteiger charge is -2.22. The number of nitrogens with one attached hydrogen (secondary N) is 2. The maximum atomic E-state index is 13.0. The minimum absolute atomic E-state index is 0.130. The molecule has 0 saturated carbocycles. The van der Waals surface area contributed by atoms with Crippen molar-refractivity contribution in [2.75, 3.05) is 13.1 Å². The molecule has 0 saturated heterocycles. The van der Waals surface area contributed by atoms with Crippen LogP contribution in [0.2, 0.25) is 0 Å². The quantitative estimate of drug-likeness (QED) is 0.759. The van der Waals surface area contributed by atoms with Crippen molar-refractivity contribution in [2.24, 2.45) is 0 Å². The van der Waals surface area contributed by atoms with E-state index < -0.39 is 5.60 Å². The number of aliphatic hydroxyl groups is 1. The van der Waals surface area contributed by atoms with Crippen molar-refractivity contribution < 1.29 is 14.3 Å². The van der Waals surface area contributed by atoms with Gasteiger partial charge in [0.1, 0.15) is 11.4 Å². The first-order valence-corrected chi connectivity index (χ1v) is 8.34. The summed E-state index contributed by atoms with van der Waals surface area (Å²) in [5, 5.41) is 19.5. The number of thiophene rings is 1. The van der Waals surface area contributed by atoms with Gasteiger partial charge in [0.05, 0.1) is 6.54 Å². The van der Waals surface area contributed by atoms with E-state index in [9.17, 15) is 14.3 Å². The third-order valence-corrected chi connectivity index (χ3v) is 4.40. The molecule has 4 nitrogen and oxygen atoms in total. The van der Waals surface area contributed by atoms with Gasteiger partial charge in [-0.1, -0.05) is 6.07 Å². The molecular weight excluding hydrogens is 315 g/mol. The van der Waals surface area contributed by atoms with Crippen LogP contribution in [0.5, 0.6) is 0 Å². The number of hydrogen-bond acceptors (Lipinski definition) is 3. The molecule has 2 amide bonds. The monoisotopic (exact) mass is 336 g/mol. The molecule has 0 aliphatic carbocycles. The normalized spacial score (nSPS) is 13.4. The standard InChI is InChI=1S/C17H21FN2O2S/c1-12-9-15(18)4-3-13(12)5-7-19-16(21)20-11-17(2,22)14-6-8-23-10-14/h3-4,6,8-10,22H,5,7,11H2,1-2H3,(H2,19,20,21). The Morgan fingerprint density at radius 1 is 1.35 bits per heavy atom. The van der Waals surface area contributed by atoms with Gasteiger partial charge in [0.15, 0.2) is 0 Å². The molecule has 0 spiro atoms. The Labute approximate surface area is 139 Å². The molecule has 0 bridgehead atoms. The van der Waals surface area contributed by atoms with Crippen molar-refractivity contribution in [3.63, 3.8) is 0 Å². The molecule has 1 unspecified atom stereocenters. The Morgan fingerprint density at radius 2 is 2.13 bits per heavy atom. The van der Waals surface area contributed by atoms with E-state index in [0.717, 1.165) is 16.7 Å². The second-order valence-corrected chi connectivity index (χ2v) is 6.50. The lowest BCUT2D eigenvalue weighted by Crippen LogP contribution is -2.43. The highest BCUT2D eigenvalue weighted by atomic mass is 32.1. The van der Waals surface area contributed by atoms with Crippen molar-refractivity contribution in [3.8, 4) is 0 Å². The van der Waals surface area contributed by atoms with Crippen LogP contribution in [-0.4, -0.2) is 24.2 Å². The third-order valence-electron chi connectivity index (χ3n) is 3.72. The van der Waals surface area contributed by atoms with Gasteiger partial charge in [-0.2, -0.15) is 11.3 Å². The molecule has 0 radical (unpaired) electrons. The highest BCUT2D eigenvalue weighted by Crippen LogP contribution is 2.21. The van der Waals surface area contributed by atoms with E-state index in [1.807, 2.05) is 23.8 Å². The van der Waals surface area contributed by atoms with Gasteiger partial charge in [-0.05, 0) is 65.9 Å². The Balaban J connectivity index is 1.75. The Bertz CT molecular complexity index is 657. The molecule has 0 aliphatic heterocycles. The van der Waals surface area contributed by atoms with Crippen molar-refractivity contribution >= 4 is 17.4 Å². The molecule has 1 atom stereocenters. The molecule has 0 aliphatic rings. The van der Waals surface area contributed by atoms with Crippen molar-refractivity contribution in [3.05, 3.63) is 57.5 Å². The van der Waals surface area contributed by atoms with E-state index >= 15 is 0 Å². The van der Waals surface area contributed by atoms with Gasteiger partial charge in [-0.15, -0.1) is 0 Å². The summed E-state index contributed by atoms with van der Waals surface area (Å²) in [7, 11) is 0. The second kappa shape index (κ2) is 7.57. The molecule has 3 N–H and O–H groups in total. The van der Waals surface area contributed by atoms with Gasteiger partial charge in [-0.25, -0.2) is 9.18 Å². The summed E-state index contributed by atoms with van der Waals surface area (Å²) in [6, 6.07) is 6.13. The summed E-state index contributed by atoms with van der Waals surface area (Å²) in [4.78, 5) is 11.8. The smallest absolute Gasteiger partial charge is 0.314 e. The van der Waals surface area contributed by atoms with Crippen LogP contribution in [0.1, 0.15) is 23.6 Å². The van der Waals surface area contributed by atoms with Crippen LogP contribution in [0.3, 0.4) is 0 Å². The van der Waals surface area contributed by atoms with Gasteiger partial charge in [0.2, 0.25) is 0 Å². The van der Waals surface area contributed by atoms with Crippen molar-refractivity contribution in [1.82, 2.24) is 10.6 Å². The van der Waals surface area contributed by atoms with Crippen LogP contribution in [-0.2, 0) is 12.0 Å². The fraction of sp³-hybridized carbons (Fsp3) is 0.353. The Morgan fingerprint density at radius 3 is 2.78 bits per heavy atom. The zero-order chi connectivity index (χ0) is 16.9. The Hall–Kier alpha value is -1.92. The molecule has 23 heavy (non-hydrogen) atoms. The van der Waals surface area contributed by atoms with Gasteiger partial charge in [0, 0.05) is 6.54 Å². The third kappa shape index (κ3) is 5.04. The lowest BCUT2D eigenvalue weighted by molar-refractivity contribution is 0.0598. The molecule has 124 valence electrons. The van der Waals surface area contributed by atoms with Crippen LogP contribution in [0, 0.1) is 12.7 Å². The Kier molecular flexibility index (Phi) is 5.74. The van der Waals surface area contributed by atoms with E-state index in [4.69, 9.17) is 0 Å². The fourth-order valence-corrected chi connectivity index (χ4v) is 3.02. The van der Waals surface area contributed by atoms with Gasteiger partial charge >= 0.3 is 6.03 Å². The summed E-state index contributed by atoms with van der Waals surface area (Å²) < 4.78 is 13.0. The van der Waals surface area contributed by atoms with Crippen molar-refractivity contribution in [1.29, 1.82) is 0 Å². The van der Waals surface area contributed by atoms with Crippen LogP contribution in [0.25, 0.3) is 0 Å². The van der Waals surface area contributed by atoms with Crippen LogP contribution >= 0.6 is 11.3 Å². The first-order chi connectivity index (χ1) is 10.9. The van der Waals surface area contributed by atoms with E-state index in [1.54, 1.807) is 13.0 Å². The zero-order valence-corrected chi connectivity index (χ0v) is 14.0.